The lowest BCUT2D eigenvalue weighted by molar-refractivity contribution is -0.119. The number of nitrogens with one attached hydrogen (secondary N) is 1. The van der Waals surface area contributed by atoms with E-state index < -0.39 is 0 Å². The van der Waals surface area contributed by atoms with Crippen LogP contribution in [0, 0.1) is 13.8 Å². The van der Waals surface area contributed by atoms with Gasteiger partial charge in [0.1, 0.15) is 6.33 Å². The molecule has 0 aromatic carbocycles. The minimum Gasteiger partial charge on any atom is -0.353 e. The minimum atomic E-state index is 0.0383. The molecular formula is C21H25N7OS. The van der Waals surface area contributed by atoms with Gasteiger partial charge in [0.05, 0.1) is 23.7 Å². The number of aromatic nitrogens is 6. The SMILES string of the molecule is Cc1cc(C)nc(SCC(=O)NC2CCC(n3cc(-c4ccncn4)cn3)CC2)n1. The Balaban J connectivity index is 1.24. The van der Waals surface area contributed by atoms with E-state index >= 15 is 0 Å². The fourth-order valence-corrected chi connectivity index (χ4v) is 4.53. The minimum absolute atomic E-state index is 0.0383. The van der Waals surface area contributed by atoms with E-state index in [1.807, 2.05) is 43.1 Å². The first-order valence-corrected chi connectivity index (χ1v) is 11.1. The van der Waals surface area contributed by atoms with Gasteiger partial charge in [0.2, 0.25) is 5.91 Å². The number of carbonyl (C=O) groups excluding carboxylic acids is 1. The zero-order valence-electron chi connectivity index (χ0n) is 17.2. The van der Waals surface area contributed by atoms with Crippen molar-refractivity contribution in [3.8, 4) is 11.3 Å². The lowest BCUT2D eigenvalue weighted by atomic mass is 9.91. The Morgan fingerprint density at radius 2 is 1.97 bits per heavy atom. The van der Waals surface area contributed by atoms with Crippen molar-refractivity contribution in [2.24, 2.45) is 0 Å². The predicted octanol–water partition coefficient (Wildman–Crippen LogP) is 3.14. The van der Waals surface area contributed by atoms with Crippen LogP contribution in [0.3, 0.4) is 0 Å². The van der Waals surface area contributed by atoms with E-state index in [-0.39, 0.29) is 11.9 Å². The van der Waals surface area contributed by atoms with Gasteiger partial charge in [-0.15, -0.1) is 0 Å². The van der Waals surface area contributed by atoms with Crippen LogP contribution >= 0.6 is 11.8 Å². The molecule has 0 aliphatic heterocycles. The highest BCUT2D eigenvalue weighted by atomic mass is 32.2. The third-order valence-corrected chi connectivity index (χ3v) is 6.06. The Bertz CT molecular complexity index is 979. The molecule has 1 amide bonds. The van der Waals surface area contributed by atoms with Crippen LogP contribution in [-0.4, -0.2) is 47.4 Å². The summed E-state index contributed by atoms with van der Waals surface area (Å²) in [4.78, 5) is 29.3. The Labute approximate surface area is 180 Å². The summed E-state index contributed by atoms with van der Waals surface area (Å²) < 4.78 is 2.03. The molecule has 30 heavy (non-hydrogen) atoms. The normalized spacial score (nSPS) is 18.9. The number of amides is 1. The molecule has 156 valence electrons. The molecular weight excluding hydrogens is 398 g/mol. The molecule has 1 fully saturated rings. The fourth-order valence-electron chi connectivity index (χ4n) is 3.77. The number of carbonyl (C=O) groups is 1. The van der Waals surface area contributed by atoms with Crippen LogP contribution in [0.1, 0.15) is 43.1 Å². The van der Waals surface area contributed by atoms with E-state index in [2.05, 4.69) is 30.4 Å². The Morgan fingerprint density at radius 1 is 1.20 bits per heavy atom. The van der Waals surface area contributed by atoms with Crippen molar-refractivity contribution in [1.29, 1.82) is 0 Å². The van der Waals surface area contributed by atoms with Crippen LogP contribution in [0.25, 0.3) is 11.3 Å². The topological polar surface area (TPSA) is 98.5 Å². The van der Waals surface area contributed by atoms with Crippen molar-refractivity contribution in [2.45, 2.75) is 56.8 Å². The summed E-state index contributed by atoms with van der Waals surface area (Å²) >= 11 is 1.38. The summed E-state index contributed by atoms with van der Waals surface area (Å²) in [5.74, 6) is 0.376. The molecule has 3 aromatic heterocycles. The first kappa shape index (κ1) is 20.5. The molecule has 1 aliphatic carbocycles. The third kappa shape index (κ3) is 5.21. The van der Waals surface area contributed by atoms with Crippen molar-refractivity contribution in [3.63, 3.8) is 0 Å². The van der Waals surface area contributed by atoms with Crippen molar-refractivity contribution in [1.82, 2.24) is 35.0 Å². The second-order valence-corrected chi connectivity index (χ2v) is 8.54. The van der Waals surface area contributed by atoms with E-state index in [1.165, 1.54) is 11.8 Å². The molecule has 1 aliphatic rings. The van der Waals surface area contributed by atoms with E-state index in [0.29, 0.717) is 17.0 Å². The molecule has 0 bridgehead atoms. The van der Waals surface area contributed by atoms with Gasteiger partial charge >= 0.3 is 0 Å². The molecule has 0 radical (unpaired) electrons. The lowest BCUT2D eigenvalue weighted by Gasteiger charge is -2.29. The van der Waals surface area contributed by atoms with Gasteiger partial charge in [-0.2, -0.15) is 5.10 Å². The molecule has 0 saturated heterocycles. The highest BCUT2D eigenvalue weighted by Gasteiger charge is 2.24. The Kier molecular flexibility index (Phi) is 6.37. The van der Waals surface area contributed by atoms with Gasteiger partial charge in [-0.25, -0.2) is 19.9 Å². The zero-order chi connectivity index (χ0) is 20.9. The molecule has 1 saturated carbocycles. The number of aryl methyl sites for hydroxylation is 2. The van der Waals surface area contributed by atoms with E-state index in [9.17, 15) is 4.79 Å². The maximum Gasteiger partial charge on any atom is 0.230 e. The van der Waals surface area contributed by atoms with Crippen molar-refractivity contribution in [2.75, 3.05) is 5.75 Å². The van der Waals surface area contributed by atoms with Gasteiger partial charge in [0.25, 0.3) is 0 Å². The van der Waals surface area contributed by atoms with E-state index in [0.717, 1.165) is 48.3 Å². The van der Waals surface area contributed by atoms with Crippen LogP contribution in [-0.2, 0) is 4.79 Å². The van der Waals surface area contributed by atoms with Crippen LogP contribution in [0.4, 0.5) is 0 Å². The van der Waals surface area contributed by atoms with Crippen LogP contribution in [0.2, 0.25) is 0 Å². The van der Waals surface area contributed by atoms with Crippen LogP contribution < -0.4 is 5.32 Å². The van der Waals surface area contributed by atoms with Crippen LogP contribution in [0.15, 0.2) is 42.2 Å². The molecule has 3 aromatic rings. The summed E-state index contributed by atoms with van der Waals surface area (Å²) in [6, 6.07) is 4.38. The van der Waals surface area contributed by atoms with Gasteiger partial charge in [-0.3, -0.25) is 9.48 Å². The van der Waals surface area contributed by atoms with Gasteiger partial charge in [-0.1, -0.05) is 11.8 Å². The second-order valence-electron chi connectivity index (χ2n) is 7.60. The van der Waals surface area contributed by atoms with Gasteiger partial charge < -0.3 is 5.32 Å². The first-order chi connectivity index (χ1) is 14.6. The summed E-state index contributed by atoms with van der Waals surface area (Å²) in [6.45, 7) is 3.88. The molecule has 4 rings (SSSR count). The molecule has 0 unspecified atom stereocenters. The molecule has 1 N–H and O–H groups in total. The maximum atomic E-state index is 12.3. The van der Waals surface area contributed by atoms with Crippen molar-refractivity contribution >= 4 is 17.7 Å². The monoisotopic (exact) mass is 423 g/mol. The van der Waals surface area contributed by atoms with E-state index in [1.54, 1.807) is 12.5 Å². The predicted molar refractivity (Wildman–Crippen MR) is 115 cm³/mol. The number of rotatable bonds is 6. The van der Waals surface area contributed by atoms with Crippen molar-refractivity contribution < 1.29 is 4.79 Å². The zero-order valence-corrected chi connectivity index (χ0v) is 18.0. The average Bonchev–Trinajstić information content (AvgIpc) is 3.23. The van der Waals surface area contributed by atoms with Gasteiger partial charge in [0.15, 0.2) is 5.16 Å². The maximum absolute atomic E-state index is 12.3. The number of nitrogens with zero attached hydrogens (tertiary/aromatic N) is 6. The lowest BCUT2D eigenvalue weighted by Crippen LogP contribution is -2.39. The molecule has 0 atom stereocenters. The highest BCUT2D eigenvalue weighted by molar-refractivity contribution is 7.99. The third-order valence-electron chi connectivity index (χ3n) is 5.21. The second kappa shape index (κ2) is 9.34. The first-order valence-electron chi connectivity index (χ1n) is 10.1. The Morgan fingerprint density at radius 3 is 2.67 bits per heavy atom. The van der Waals surface area contributed by atoms with Crippen molar-refractivity contribution in [3.05, 3.63) is 48.4 Å². The number of hydrogen-bond donors (Lipinski definition) is 1. The molecule has 9 heteroatoms. The number of hydrogen-bond acceptors (Lipinski definition) is 7. The summed E-state index contributed by atoms with van der Waals surface area (Å²) in [6.07, 6.45) is 11.1. The highest BCUT2D eigenvalue weighted by Crippen LogP contribution is 2.29. The fraction of sp³-hybridized carbons (Fsp3) is 0.429. The number of thioether (sulfide) groups is 1. The van der Waals surface area contributed by atoms with E-state index in [4.69, 9.17) is 0 Å². The standard InChI is InChI=1S/C21H25N7OS/c1-14-9-15(2)26-21(25-14)30-12-20(29)27-17-3-5-18(6-4-17)28-11-16(10-24-28)19-7-8-22-13-23-19/h7-11,13,17-18H,3-6,12H2,1-2H3,(H,27,29). The smallest absolute Gasteiger partial charge is 0.230 e. The quantitative estimate of drug-likeness (QED) is 0.480. The summed E-state index contributed by atoms with van der Waals surface area (Å²) in [5, 5.41) is 8.35. The van der Waals surface area contributed by atoms with Gasteiger partial charge in [0, 0.05) is 35.4 Å². The molecule has 3 heterocycles. The molecule has 0 spiro atoms. The molecule has 8 nitrogen and oxygen atoms in total. The summed E-state index contributed by atoms with van der Waals surface area (Å²) in [7, 11) is 0. The summed E-state index contributed by atoms with van der Waals surface area (Å²) in [5.41, 5.74) is 3.72. The van der Waals surface area contributed by atoms with Crippen LogP contribution in [0.5, 0.6) is 0 Å². The largest absolute Gasteiger partial charge is 0.353 e. The Hall–Kier alpha value is -2.81. The average molecular weight is 424 g/mol. The van der Waals surface area contributed by atoms with Gasteiger partial charge in [-0.05, 0) is 51.7 Å².